The fourth-order valence-electron chi connectivity index (χ4n) is 3.19. The summed E-state index contributed by atoms with van der Waals surface area (Å²) in [5.41, 5.74) is 1.38. The first kappa shape index (κ1) is 17.3. The van der Waals surface area contributed by atoms with Crippen molar-refractivity contribution < 1.29 is 27.5 Å². The van der Waals surface area contributed by atoms with Gasteiger partial charge in [-0.05, 0) is 36.1 Å². The number of halogens is 1. The molecule has 1 amide bonds. The molecule has 132 valence electrons. The van der Waals surface area contributed by atoms with Gasteiger partial charge in [-0.1, -0.05) is 6.07 Å². The van der Waals surface area contributed by atoms with E-state index in [1.54, 1.807) is 6.07 Å². The second kappa shape index (κ2) is 6.75. The third-order valence-electron chi connectivity index (χ3n) is 4.48. The standard InChI is InChI=1S/C15H19FN2O5S/c16-13-4-3-11-7-17(8-12(11)6-13)24(21,22)9-14(18(20)10-19)15-2-1-5-23-15/h3-4,6,10,14-15,20H,1-2,5,7-9H2/t14-,15-/m1/s1. The Bertz CT molecular complexity index is 721. The molecule has 2 atom stereocenters. The fourth-order valence-corrected chi connectivity index (χ4v) is 4.87. The average Bonchev–Trinajstić information content (AvgIpc) is 3.21. The number of fused-ring (bicyclic) bond motifs is 1. The molecule has 9 heteroatoms. The van der Waals surface area contributed by atoms with E-state index in [9.17, 15) is 22.8 Å². The Hall–Kier alpha value is -1.55. The zero-order valence-electron chi connectivity index (χ0n) is 13.0. The van der Waals surface area contributed by atoms with Crippen molar-refractivity contribution in [2.24, 2.45) is 0 Å². The molecule has 0 unspecified atom stereocenters. The van der Waals surface area contributed by atoms with Gasteiger partial charge < -0.3 is 4.74 Å². The number of amides is 1. The molecule has 2 heterocycles. The van der Waals surface area contributed by atoms with Gasteiger partial charge in [-0.2, -0.15) is 4.31 Å². The zero-order valence-corrected chi connectivity index (χ0v) is 13.8. The zero-order chi connectivity index (χ0) is 17.3. The van der Waals surface area contributed by atoms with Crippen molar-refractivity contribution in [3.63, 3.8) is 0 Å². The molecule has 1 aromatic rings. The first-order valence-corrected chi connectivity index (χ1v) is 9.31. The molecule has 0 spiro atoms. The van der Waals surface area contributed by atoms with Crippen molar-refractivity contribution in [3.05, 3.63) is 35.1 Å². The van der Waals surface area contributed by atoms with E-state index in [1.807, 2.05) is 0 Å². The summed E-state index contributed by atoms with van der Waals surface area (Å²) in [5, 5.41) is 10.1. The van der Waals surface area contributed by atoms with Gasteiger partial charge in [0, 0.05) is 19.7 Å². The van der Waals surface area contributed by atoms with Gasteiger partial charge in [-0.25, -0.2) is 17.9 Å². The van der Waals surface area contributed by atoms with Crippen LogP contribution in [-0.2, 0) is 32.6 Å². The molecule has 1 saturated heterocycles. The van der Waals surface area contributed by atoms with E-state index >= 15 is 0 Å². The molecule has 2 aliphatic heterocycles. The number of hydrogen-bond acceptors (Lipinski definition) is 5. The maximum Gasteiger partial charge on any atom is 0.233 e. The number of nitrogens with zero attached hydrogens (tertiary/aromatic N) is 2. The van der Waals surface area contributed by atoms with E-state index in [0.29, 0.717) is 23.7 Å². The highest BCUT2D eigenvalue weighted by atomic mass is 32.2. The van der Waals surface area contributed by atoms with Crippen molar-refractivity contribution >= 4 is 16.4 Å². The molecular weight excluding hydrogens is 339 g/mol. The summed E-state index contributed by atoms with van der Waals surface area (Å²) >= 11 is 0. The van der Waals surface area contributed by atoms with Crippen LogP contribution in [0.2, 0.25) is 0 Å². The lowest BCUT2D eigenvalue weighted by Crippen LogP contribution is -2.47. The number of benzene rings is 1. The highest BCUT2D eigenvalue weighted by Gasteiger charge is 2.38. The van der Waals surface area contributed by atoms with Crippen LogP contribution in [0.4, 0.5) is 4.39 Å². The Morgan fingerprint density at radius 1 is 1.42 bits per heavy atom. The number of hydroxylamine groups is 2. The van der Waals surface area contributed by atoms with Gasteiger partial charge >= 0.3 is 0 Å². The number of ether oxygens (including phenoxy) is 1. The molecule has 0 aromatic heterocycles. The highest BCUT2D eigenvalue weighted by Crippen LogP contribution is 2.28. The molecule has 7 nitrogen and oxygen atoms in total. The van der Waals surface area contributed by atoms with Crippen molar-refractivity contribution in [1.29, 1.82) is 0 Å². The minimum absolute atomic E-state index is 0.0835. The number of rotatable bonds is 6. The average molecular weight is 358 g/mol. The minimum Gasteiger partial charge on any atom is -0.376 e. The van der Waals surface area contributed by atoms with E-state index in [4.69, 9.17) is 4.74 Å². The maximum atomic E-state index is 13.3. The highest BCUT2D eigenvalue weighted by molar-refractivity contribution is 7.89. The van der Waals surface area contributed by atoms with Gasteiger partial charge in [0.1, 0.15) is 11.9 Å². The van der Waals surface area contributed by atoms with Crippen molar-refractivity contribution in [3.8, 4) is 0 Å². The number of carbonyl (C=O) groups is 1. The third kappa shape index (κ3) is 3.44. The Kier molecular flexibility index (Phi) is 4.86. The smallest absolute Gasteiger partial charge is 0.233 e. The van der Waals surface area contributed by atoms with E-state index in [-0.39, 0.29) is 19.5 Å². The predicted octanol–water partition coefficient (Wildman–Crippen LogP) is 0.866. The lowest BCUT2D eigenvalue weighted by Gasteiger charge is -2.28. The van der Waals surface area contributed by atoms with Gasteiger partial charge in [0.15, 0.2) is 0 Å². The minimum atomic E-state index is -3.76. The van der Waals surface area contributed by atoms with Crippen LogP contribution < -0.4 is 0 Å². The number of hydrogen-bond donors (Lipinski definition) is 1. The van der Waals surface area contributed by atoms with Crippen LogP contribution >= 0.6 is 0 Å². The molecule has 0 aliphatic carbocycles. The third-order valence-corrected chi connectivity index (χ3v) is 6.29. The summed E-state index contributed by atoms with van der Waals surface area (Å²) in [7, 11) is -3.76. The first-order chi connectivity index (χ1) is 11.4. The van der Waals surface area contributed by atoms with Crippen LogP contribution in [0.5, 0.6) is 0 Å². The van der Waals surface area contributed by atoms with Crippen LogP contribution in [0, 0.1) is 5.82 Å². The second-order valence-corrected chi connectivity index (χ2v) is 8.08. The Morgan fingerprint density at radius 2 is 2.17 bits per heavy atom. The molecule has 24 heavy (non-hydrogen) atoms. The lowest BCUT2D eigenvalue weighted by molar-refractivity contribution is -0.168. The van der Waals surface area contributed by atoms with Gasteiger partial charge in [-0.15, -0.1) is 0 Å². The van der Waals surface area contributed by atoms with Crippen LogP contribution in [0.25, 0.3) is 0 Å². The summed E-state index contributed by atoms with van der Waals surface area (Å²) in [6.07, 6.45) is 1.01. The van der Waals surface area contributed by atoms with Crippen molar-refractivity contribution in [2.75, 3.05) is 12.4 Å². The normalized spacial score (nSPS) is 22.3. The number of carbonyl (C=O) groups excluding carboxylic acids is 1. The van der Waals surface area contributed by atoms with Crippen LogP contribution in [0.1, 0.15) is 24.0 Å². The Morgan fingerprint density at radius 3 is 2.83 bits per heavy atom. The molecule has 1 aromatic carbocycles. The molecule has 3 rings (SSSR count). The molecule has 1 fully saturated rings. The maximum absolute atomic E-state index is 13.3. The predicted molar refractivity (Wildman–Crippen MR) is 81.9 cm³/mol. The summed E-state index contributed by atoms with van der Waals surface area (Å²) in [6.45, 7) is 0.714. The van der Waals surface area contributed by atoms with Crippen molar-refractivity contribution in [1.82, 2.24) is 9.37 Å². The second-order valence-electron chi connectivity index (χ2n) is 6.06. The van der Waals surface area contributed by atoms with Gasteiger partial charge in [0.25, 0.3) is 0 Å². The molecule has 1 N–H and O–H groups in total. The van der Waals surface area contributed by atoms with Crippen molar-refractivity contribution in [2.45, 2.75) is 38.1 Å². The first-order valence-electron chi connectivity index (χ1n) is 7.70. The molecule has 0 radical (unpaired) electrons. The molecule has 0 saturated carbocycles. The molecule has 0 bridgehead atoms. The Labute approximate surface area is 139 Å². The summed E-state index contributed by atoms with van der Waals surface area (Å²) < 4.78 is 45.3. The summed E-state index contributed by atoms with van der Waals surface area (Å²) in [5.74, 6) is -0.851. The quantitative estimate of drug-likeness (QED) is 0.463. The van der Waals surface area contributed by atoms with Crippen LogP contribution in [-0.4, -0.2) is 53.9 Å². The number of sulfonamides is 1. The van der Waals surface area contributed by atoms with E-state index < -0.39 is 33.7 Å². The largest absolute Gasteiger partial charge is 0.376 e. The topological polar surface area (TPSA) is 87.2 Å². The monoisotopic (exact) mass is 358 g/mol. The fraction of sp³-hybridized carbons (Fsp3) is 0.533. The molecule has 2 aliphatic rings. The summed E-state index contributed by atoms with van der Waals surface area (Å²) in [6, 6.07) is 3.23. The van der Waals surface area contributed by atoms with Crippen LogP contribution in [0.3, 0.4) is 0 Å². The van der Waals surface area contributed by atoms with Gasteiger partial charge in [0.05, 0.1) is 11.9 Å². The van der Waals surface area contributed by atoms with Crippen LogP contribution in [0.15, 0.2) is 18.2 Å². The Balaban J connectivity index is 1.76. The molecular formula is C15H19FN2O5S. The van der Waals surface area contributed by atoms with Gasteiger partial charge in [-0.3, -0.25) is 10.0 Å². The lowest BCUT2D eigenvalue weighted by atomic mass is 10.1. The SMILES string of the molecule is O=CN(O)[C@H](CS(=O)(=O)N1Cc2ccc(F)cc2C1)[C@H]1CCCO1. The van der Waals surface area contributed by atoms with E-state index in [2.05, 4.69) is 0 Å². The van der Waals surface area contributed by atoms with E-state index in [1.165, 1.54) is 16.4 Å². The van der Waals surface area contributed by atoms with E-state index in [0.717, 1.165) is 12.0 Å². The van der Waals surface area contributed by atoms with Gasteiger partial charge in [0.2, 0.25) is 16.4 Å². The summed E-state index contributed by atoms with van der Waals surface area (Å²) in [4.78, 5) is 10.9.